The summed E-state index contributed by atoms with van der Waals surface area (Å²) >= 11 is 0. The van der Waals surface area contributed by atoms with Crippen molar-refractivity contribution in [1.82, 2.24) is 15.0 Å². The number of hydrogen-bond donors (Lipinski definition) is 3. The number of aromatic nitrogens is 3. The number of benzene rings is 2. The molecule has 0 bridgehead atoms. The van der Waals surface area contributed by atoms with Crippen LogP contribution in [0.4, 0.5) is 29.0 Å². The Morgan fingerprint density at radius 2 is 1.53 bits per heavy atom. The molecule has 34 heavy (non-hydrogen) atoms. The molecule has 2 heterocycles. The Balaban J connectivity index is 1.48. The largest absolute Gasteiger partial charge is 0.478 e. The van der Waals surface area contributed by atoms with E-state index in [2.05, 4.69) is 30.5 Å². The zero-order valence-corrected chi connectivity index (χ0v) is 18.2. The minimum Gasteiger partial charge on any atom is -0.478 e. The van der Waals surface area contributed by atoms with E-state index < -0.39 is 11.9 Å². The lowest BCUT2D eigenvalue weighted by molar-refractivity contribution is 0.0696. The summed E-state index contributed by atoms with van der Waals surface area (Å²) in [6, 6.07) is 10.5. The highest BCUT2D eigenvalue weighted by Gasteiger charge is 2.16. The topological polar surface area (TPSA) is 162 Å². The summed E-state index contributed by atoms with van der Waals surface area (Å²) in [6.45, 7) is 4.48. The van der Waals surface area contributed by atoms with E-state index in [9.17, 15) is 9.59 Å². The Bertz CT molecular complexity index is 1210. The van der Waals surface area contributed by atoms with Crippen LogP contribution in [0, 0.1) is 6.92 Å². The minimum atomic E-state index is -1.25. The number of carbonyl (C=O) groups is 2. The van der Waals surface area contributed by atoms with Crippen LogP contribution < -0.4 is 10.2 Å². The van der Waals surface area contributed by atoms with Crippen LogP contribution in [-0.2, 0) is 4.74 Å². The third-order valence-corrected chi connectivity index (χ3v) is 4.85. The number of anilines is 3. The molecular formula is C22H21N7O5. The van der Waals surface area contributed by atoms with Gasteiger partial charge in [-0.2, -0.15) is 25.2 Å². The first-order valence-electron chi connectivity index (χ1n) is 10.3. The fourth-order valence-corrected chi connectivity index (χ4v) is 3.20. The van der Waals surface area contributed by atoms with Gasteiger partial charge in [0.25, 0.3) is 0 Å². The number of aromatic carboxylic acids is 2. The van der Waals surface area contributed by atoms with Gasteiger partial charge in [0, 0.05) is 18.8 Å². The van der Waals surface area contributed by atoms with Crippen molar-refractivity contribution in [1.29, 1.82) is 0 Å². The molecule has 1 saturated heterocycles. The first-order valence-corrected chi connectivity index (χ1v) is 10.3. The predicted octanol–water partition coefficient (Wildman–Crippen LogP) is 3.57. The molecule has 4 rings (SSSR count). The number of nitrogens with zero attached hydrogens (tertiary/aromatic N) is 6. The van der Waals surface area contributed by atoms with Gasteiger partial charge in [-0.3, -0.25) is 0 Å². The molecule has 0 spiro atoms. The van der Waals surface area contributed by atoms with Gasteiger partial charge in [-0.15, -0.1) is 0 Å². The van der Waals surface area contributed by atoms with Crippen LogP contribution >= 0.6 is 0 Å². The maximum Gasteiger partial charge on any atom is 0.335 e. The molecule has 3 N–H and O–H groups in total. The molecule has 1 aliphatic heterocycles. The van der Waals surface area contributed by atoms with Crippen LogP contribution in [0.3, 0.4) is 0 Å². The lowest BCUT2D eigenvalue weighted by atomic mass is 10.1. The predicted molar refractivity (Wildman–Crippen MR) is 122 cm³/mol. The number of morpholine rings is 1. The van der Waals surface area contributed by atoms with Crippen molar-refractivity contribution in [3.63, 3.8) is 0 Å². The number of azo groups is 1. The van der Waals surface area contributed by atoms with Crippen LogP contribution in [0.25, 0.3) is 0 Å². The first kappa shape index (κ1) is 22.7. The second kappa shape index (κ2) is 10.0. The third-order valence-electron chi connectivity index (χ3n) is 4.85. The molecular weight excluding hydrogens is 442 g/mol. The standard InChI is InChI=1S/C22H21N7O5/c1-13-23-21(26-22(24-13)29-6-8-34-9-7-29)25-16-2-4-17(5-3-16)27-28-18-11-14(19(30)31)10-15(12-18)20(32)33/h2-5,10-12H,6-9H2,1H3,(H,30,31)(H,32,33)(H,23,24,25,26). The maximum absolute atomic E-state index is 11.2. The van der Waals surface area contributed by atoms with Gasteiger partial charge >= 0.3 is 11.9 Å². The summed E-state index contributed by atoms with van der Waals surface area (Å²) in [7, 11) is 0. The number of ether oxygens (including phenoxy) is 1. The molecule has 2 aromatic carbocycles. The summed E-state index contributed by atoms with van der Waals surface area (Å²) in [6.07, 6.45) is 0. The smallest absolute Gasteiger partial charge is 0.335 e. The molecule has 3 aromatic rings. The molecule has 12 heteroatoms. The van der Waals surface area contributed by atoms with Crippen molar-refractivity contribution in [3.05, 3.63) is 59.4 Å². The molecule has 0 unspecified atom stereocenters. The minimum absolute atomic E-state index is 0.121. The Morgan fingerprint density at radius 3 is 2.15 bits per heavy atom. The van der Waals surface area contributed by atoms with Crippen LogP contribution in [0.15, 0.2) is 52.7 Å². The molecule has 174 valence electrons. The fourth-order valence-electron chi connectivity index (χ4n) is 3.20. The van der Waals surface area contributed by atoms with Crippen molar-refractivity contribution in [2.75, 3.05) is 36.5 Å². The van der Waals surface area contributed by atoms with E-state index in [1.165, 1.54) is 12.1 Å². The van der Waals surface area contributed by atoms with Crippen LogP contribution in [0.1, 0.15) is 26.5 Å². The molecule has 12 nitrogen and oxygen atoms in total. The van der Waals surface area contributed by atoms with Crippen LogP contribution in [-0.4, -0.2) is 63.4 Å². The van der Waals surface area contributed by atoms with Gasteiger partial charge in [0.05, 0.1) is 35.7 Å². The van der Waals surface area contributed by atoms with E-state index >= 15 is 0 Å². The monoisotopic (exact) mass is 463 g/mol. The Labute approximate surface area is 194 Å². The lowest BCUT2D eigenvalue weighted by Crippen LogP contribution is -2.37. The summed E-state index contributed by atoms with van der Waals surface area (Å²) in [5, 5.41) is 29.5. The first-order chi connectivity index (χ1) is 16.4. The van der Waals surface area contributed by atoms with E-state index in [1.54, 1.807) is 31.2 Å². The van der Waals surface area contributed by atoms with Crippen LogP contribution in [0.5, 0.6) is 0 Å². The lowest BCUT2D eigenvalue weighted by Gasteiger charge is -2.26. The zero-order valence-electron chi connectivity index (χ0n) is 18.2. The number of rotatable bonds is 7. The van der Waals surface area contributed by atoms with E-state index in [0.29, 0.717) is 49.7 Å². The SMILES string of the molecule is Cc1nc(Nc2ccc(N=Nc3cc(C(=O)O)cc(C(=O)O)c3)cc2)nc(N2CCOCC2)n1. The average molecular weight is 463 g/mol. The quantitative estimate of drug-likeness (QED) is 0.441. The normalized spacial score (nSPS) is 13.7. The molecule has 0 aliphatic carbocycles. The number of carboxylic acids is 2. The van der Waals surface area contributed by atoms with Crippen LogP contribution in [0.2, 0.25) is 0 Å². The van der Waals surface area contributed by atoms with Gasteiger partial charge < -0.3 is 25.2 Å². The van der Waals surface area contributed by atoms with Crippen molar-refractivity contribution in [3.8, 4) is 0 Å². The summed E-state index contributed by atoms with van der Waals surface area (Å²) in [5.41, 5.74) is 0.966. The second-order valence-electron chi connectivity index (χ2n) is 7.36. The van der Waals surface area contributed by atoms with Gasteiger partial charge in [-0.25, -0.2) is 9.59 Å². The van der Waals surface area contributed by atoms with E-state index in [-0.39, 0.29) is 16.8 Å². The molecule has 1 aliphatic rings. The summed E-state index contributed by atoms with van der Waals surface area (Å²) in [4.78, 5) is 37.7. The Hall–Kier alpha value is -4.45. The molecule has 0 radical (unpaired) electrons. The van der Waals surface area contributed by atoms with Gasteiger partial charge in [0.15, 0.2) is 0 Å². The third kappa shape index (κ3) is 5.66. The van der Waals surface area contributed by atoms with Gasteiger partial charge in [-0.1, -0.05) is 0 Å². The highest BCUT2D eigenvalue weighted by atomic mass is 16.5. The molecule has 1 aromatic heterocycles. The number of hydrogen-bond acceptors (Lipinski definition) is 10. The molecule has 1 fully saturated rings. The molecule has 0 amide bonds. The van der Waals surface area contributed by atoms with Crippen molar-refractivity contribution in [2.45, 2.75) is 6.92 Å². The average Bonchev–Trinajstić information content (AvgIpc) is 2.83. The highest BCUT2D eigenvalue weighted by molar-refractivity contribution is 5.95. The Kier molecular flexibility index (Phi) is 6.69. The van der Waals surface area contributed by atoms with E-state index in [1.807, 2.05) is 4.90 Å². The zero-order chi connectivity index (χ0) is 24.1. The van der Waals surface area contributed by atoms with Crippen molar-refractivity contribution >= 4 is 40.9 Å². The number of aryl methyl sites for hydroxylation is 1. The van der Waals surface area contributed by atoms with E-state index in [4.69, 9.17) is 14.9 Å². The van der Waals surface area contributed by atoms with Gasteiger partial charge in [0.1, 0.15) is 5.82 Å². The highest BCUT2D eigenvalue weighted by Crippen LogP contribution is 2.24. The molecule has 0 atom stereocenters. The molecule has 0 saturated carbocycles. The second-order valence-corrected chi connectivity index (χ2v) is 7.36. The van der Waals surface area contributed by atoms with Gasteiger partial charge in [-0.05, 0) is 49.4 Å². The van der Waals surface area contributed by atoms with Gasteiger partial charge in [0.2, 0.25) is 11.9 Å². The number of nitrogens with one attached hydrogen (secondary N) is 1. The van der Waals surface area contributed by atoms with Crippen molar-refractivity contribution < 1.29 is 24.5 Å². The van der Waals surface area contributed by atoms with E-state index in [0.717, 1.165) is 11.8 Å². The summed E-state index contributed by atoms with van der Waals surface area (Å²) in [5.74, 6) is -0.905. The van der Waals surface area contributed by atoms with Crippen molar-refractivity contribution in [2.24, 2.45) is 10.2 Å². The fraction of sp³-hybridized carbons (Fsp3) is 0.227. The summed E-state index contributed by atoms with van der Waals surface area (Å²) < 4.78 is 5.37. The Morgan fingerprint density at radius 1 is 0.912 bits per heavy atom. The number of carboxylic acid groups (broad SMARTS) is 2. The maximum atomic E-state index is 11.2.